The second-order valence-electron chi connectivity index (χ2n) is 3.82. The lowest BCUT2D eigenvalue weighted by molar-refractivity contribution is 0.179. The summed E-state index contributed by atoms with van der Waals surface area (Å²) in [5.41, 5.74) is 3.09. The van der Waals surface area contributed by atoms with E-state index in [0.29, 0.717) is 18.0 Å². The van der Waals surface area contributed by atoms with Crippen molar-refractivity contribution in [3.8, 4) is 11.8 Å². The molecular formula is C13H14N4O. The molecule has 1 aromatic heterocycles. The van der Waals surface area contributed by atoms with Gasteiger partial charge in [-0.15, -0.1) is 5.10 Å². The minimum atomic E-state index is 0.308. The zero-order valence-corrected chi connectivity index (χ0v) is 10.4. The van der Waals surface area contributed by atoms with Crippen LogP contribution in [0.1, 0.15) is 23.9 Å². The molecule has 0 aliphatic carbocycles. The lowest BCUT2D eigenvalue weighted by Crippen LogP contribution is -2.06. The Balaban J connectivity index is 2.57. The Morgan fingerprint density at radius 1 is 1.39 bits per heavy atom. The molecule has 0 spiro atoms. The highest BCUT2D eigenvalue weighted by Gasteiger charge is 2.15. The maximum absolute atomic E-state index is 9.01. The minimum Gasteiger partial charge on any atom is -0.378 e. The average molecular weight is 242 g/mol. The number of aryl methyl sites for hydroxylation is 1. The summed E-state index contributed by atoms with van der Waals surface area (Å²) in [5, 5.41) is 16.9. The number of hydrogen-bond acceptors (Lipinski definition) is 4. The zero-order chi connectivity index (χ0) is 13.0. The second kappa shape index (κ2) is 5.43. The highest BCUT2D eigenvalue weighted by molar-refractivity contribution is 5.43. The van der Waals surface area contributed by atoms with Gasteiger partial charge in [0.05, 0.1) is 12.3 Å². The Kier molecular flexibility index (Phi) is 3.70. The summed E-state index contributed by atoms with van der Waals surface area (Å²) in [6.45, 7) is 2.39. The molecule has 18 heavy (non-hydrogen) atoms. The van der Waals surface area contributed by atoms with Crippen LogP contribution in [0.3, 0.4) is 0 Å². The molecular weight excluding hydrogens is 228 g/mol. The van der Waals surface area contributed by atoms with E-state index in [-0.39, 0.29) is 0 Å². The summed E-state index contributed by atoms with van der Waals surface area (Å²) in [6.07, 6.45) is 0.893. The van der Waals surface area contributed by atoms with E-state index in [2.05, 4.69) is 17.2 Å². The molecule has 0 N–H and O–H groups in total. The van der Waals surface area contributed by atoms with Gasteiger partial charge in [0.1, 0.15) is 11.8 Å². The third kappa shape index (κ3) is 2.11. The topological polar surface area (TPSA) is 63.7 Å². The van der Waals surface area contributed by atoms with Crippen molar-refractivity contribution in [3.63, 3.8) is 0 Å². The summed E-state index contributed by atoms with van der Waals surface area (Å²) >= 11 is 0. The molecule has 0 unspecified atom stereocenters. The Hall–Kier alpha value is -2.19. The van der Waals surface area contributed by atoms with Gasteiger partial charge in [-0.2, -0.15) is 5.26 Å². The van der Waals surface area contributed by atoms with Gasteiger partial charge in [-0.05, 0) is 18.1 Å². The molecule has 1 heterocycles. The number of nitriles is 1. The molecule has 1 aromatic carbocycles. The molecule has 0 aliphatic rings. The van der Waals surface area contributed by atoms with E-state index in [1.807, 2.05) is 30.3 Å². The van der Waals surface area contributed by atoms with Crippen molar-refractivity contribution < 1.29 is 4.74 Å². The van der Waals surface area contributed by atoms with Gasteiger partial charge in [0.2, 0.25) is 0 Å². The lowest BCUT2D eigenvalue weighted by atomic mass is 10.1. The van der Waals surface area contributed by atoms with E-state index < -0.39 is 0 Å². The van der Waals surface area contributed by atoms with Crippen molar-refractivity contribution in [2.24, 2.45) is 0 Å². The van der Waals surface area contributed by atoms with Crippen LogP contribution >= 0.6 is 0 Å². The van der Waals surface area contributed by atoms with Gasteiger partial charge in [-0.1, -0.05) is 30.3 Å². The summed E-state index contributed by atoms with van der Waals surface area (Å²) < 4.78 is 6.79. The van der Waals surface area contributed by atoms with Crippen molar-refractivity contribution in [1.29, 1.82) is 5.26 Å². The number of benzene rings is 1. The van der Waals surface area contributed by atoms with Crippen LogP contribution in [0.15, 0.2) is 24.3 Å². The molecule has 2 rings (SSSR count). The van der Waals surface area contributed by atoms with Gasteiger partial charge in [0.25, 0.3) is 0 Å². The number of hydrogen-bond donors (Lipinski definition) is 0. The van der Waals surface area contributed by atoms with Gasteiger partial charge in [-0.3, -0.25) is 0 Å². The highest BCUT2D eigenvalue weighted by atomic mass is 16.5. The number of methoxy groups -OCH3 is 1. The van der Waals surface area contributed by atoms with Crippen LogP contribution in [0.5, 0.6) is 0 Å². The molecule has 0 radical (unpaired) electrons. The normalized spacial score (nSPS) is 10.3. The standard InChI is InChI=1S/C13H14N4O/c1-3-10-6-4-5-7-12(10)17-13(9-18-2)11(8-14)15-16-17/h4-7H,3,9H2,1-2H3. The van der Waals surface area contributed by atoms with Crippen LogP contribution < -0.4 is 0 Å². The largest absolute Gasteiger partial charge is 0.378 e. The van der Waals surface area contributed by atoms with Gasteiger partial charge in [0.15, 0.2) is 5.69 Å². The van der Waals surface area contributed by atoms with Crippen LogP contribution in [0.4, 0.5) is 0 Å². The van der Waals surface area contributed by atoms with E-state index >= 15 is 0 Å². The summed E-state index contributed by atoms with van der Waals surface area (Å²) in [6, 6.07) is 9.97. The molecule has 0 saturated carbocycles. The fourth-order valence-electron chi connectivity index (χ4n) is 1.86. The molecule has 92 valence electrons. The first-order valence-electron chi connectivity index (χ1n) is 5.73. The molecule has 0 saturated heterocycles. The van der Waals surface area contributed by atoms with E-state index in [0.717, 1.165) is 17.7 Å². The molecule has 0 atom stereocenters. The first-order valence-corrected chi connectivity index (χ1v) is 5.73. The van der Waals surface area contributed by atoms with Crippen LogP contribution in [-0.4, -0.2) is 22.1 Å². The van der Waals surface area contributed by atoms with Crippen molar-refractivity contribution in [2.75, 3.05) is 7.11 Å². The van der Waals surface area contributed by atoms with Gasteiger partial charge in [-0.25, -0.2) is 4.68 Å². The van der Waals surface area contributed by atoms with E-state index in [1.165, 1.54) is 0 Å². The molecule has 2 aromatic rings. The first kappa shape index (κ1) is 12.3. The van der Waals surface area contributed by atoms with E-state index in [1.54, 1.807) is 11.8 Å². The van der Waals surface area contributed by atoms with Crippen LogP contribution in [0, 0.1) is 11.3 Å². The molecule has 0 aliphatic heterocycles. The molecule has 0 bridgehead atoms. The fourth-order valence-corrected chi connectivity index (χ4v) is 1.86. The molecule has 5 heteroatoms. The fraction of sp³-hybridized carbons (Fsp3) is 0.308. The Morgan fingerprint density at radius 2 is 2.17 bits per heavy atom. The third-order valence-electron chi connectivity index (χ3n) is 2.75. The van der Waals surface area contributed by atoms with Gasteiger partial charge in [0, 0.05) is 7.11 Å². The average Bonchev–Trinajstić information content (AvgIpc) is 2.82. The molecule has 0 fully saturated rings. The van der Waals surface area contributed by atoms with Crippen molar-refractivity contribution in [2.45, 2.75) is 20.0 Å². The predicted octanol–water partition coefficient (Wildman–Crippen LogP) is 1.85. The Bertz CT molecular complexity index is 583. The number of ether oxygens (including phenoxy) is 1. The summed E-state index contributed by atoms with van der Waals surface area (Å²) in [7, 11) is 1.59. The van der Waals surface area contributed by atoms with Gasteiger partial charge >= 0.3 is 0 Å². The zero-order valence-electron chi connectivity index (χ0n) is 10.4. The molecule has 5 nitrogen and oxygen atoms in total. The minimum absolute atomic E-state index is 0.308. The number of para-hydroxylation sites is 1. The third-order valence-corrected chi connectivity index (χ3v) is 2.75. The quantitative estimate of drug-likeness (QED) is 0.820. The summed E-state index contributed by atoms with van der Waals surface area (Å²) in [5.74, 6) is 0. The second-order valence-corrected chi connectivity index (χ2v) is 3.82. The van der Waals surface area contributed by atoms with Crippen molar-refractivity contribution in [1.82, 2.24) is 15.0 Å². The van der Waals surface area contributed by atoms with Crippen LogP contribution in [0.25, 0.3) is 5.69 Å². The maximum Gasteiger partial charge on any atom is 0.188 e. The SMILES string of the molecule is CCc1ccccc1-n1nnc(C#N)c1COC. The lowest BCUT2D eigenvalue weighted by Gasteiger charge is -2.09. The number of aromatic nitrogens is 3. The number of rotatable bonds is 4. The summed E-state index contributed by atoms with van der Waals surface area (Å²) in [4.78, 5) is 0. The van der Waals surface area contributed by atoms with Crippen molar-refractivity contribution >= 4 is 0 Å². The van der Waals surface area contributed by atoms with E-state index in [4.69, 9.17) is 10.00 Å². The number of nitrogens with zero attached hydrogens (tertiary/aromatic N) is 4. The van der Waals surface area contributed by atoms with Crippen molar-refractivity contribution in [3.05, 3.63) is 41.2 Å². The smallest absolute Gasteiger partial charge is 0.188 e. The van der Waals surface area contributed by atoms with Crippen LogP contribution in [0.2, 0.25) is 0 Å². The molecule has 0 amide bonds. The van der Waals surface area contributed by atoms with Gasteiger partial charge < -0.3 is 4.74 Å². The highest BCUT2D eigenvalue weighted by Crippen LogP contribution is 2.18. The Labute approximate surface area is 106 Å². The Morgan fingerprint density at radius 3 is 2.83 bits per heavy atom. The monoisotopic (exact) mass is 242 g/mol. The first-order chi connectivity index (χ1) is 8.81. The predicted molar refractivity (Wildman–Crippen MR) is 66.2 cm³/mol. The van der Waals surface area contributed by atoms with E-state index in [9.17, 15) is 0 Å². The maximum atomic E-state index is 9.01. The van der Waals surface area contributed by atoms with Crippen LogP contribution in [-0.2, 0) is 17.8 Å².